The summed E-state index contributed by atoms with van der Waals surface area (Å²) in [6, 6.07) is 3.15. The molecule has 100 valence electrons. The first kappa shape index (κ1) is 14.3. The van der Waals surface area contributed by atoms with E-state index in [0.717, 1.165) is 0 Å². The number of carboxylic acid groups (broad SMARTS) is 1. The number of benzene rings is 1. The lowest BCUT2D eigenvalue weighted by Gasteiger charge is -2.12. The summed E-state index contributed by atoms with van der Waals surface area (Å²) in [5.74, 6) is -0.564. The zero-order valence-corrected chi connectivity index (χ0v) is 10.9. The topological polar surface area (TPSA) is 81.8 Å². The van der Waals surface area contributed by atoms with Crippen molar-refractivity contribution in [1.29, 1.82) is 0 Å². The molecule has 0 aliphatic rings. The van der Waals surface area contributed by atoms with Gasteiger partial charge in [0.2, 0.25) is 0 Å². The third-order valence-corrected chi connectivity index (χ3v) is 2.39. The molecule has 5 nitrogen and oxygen atoms in total. The normalized spacial score (nSPS) is 10.7. The van der Waals surface area contributed by atoms with E-state index in [1.807, 2.05) is 13.8 Å². The van der Waals surface area contributed by atoms with E-state index in [1.54, 1.807) is 13.0 Å². The van der Waals surface area contributed by atoms with Crippen molar-refractivity contribution >= 4 is 11.7 Å². The number of aromatic carboxylic acids is 1. The number of carbonyl (C=O) groups is 1. The van der Waals surface area contributed by atoms with Crippen LogP contribution < -0.4 is 10.5 Å². The summed E-state index contributed by atoms with van der Waals surface area (Å²) in [5.41, 5.74) is 6.71. The number of nitrogen functional groups attached to an aromatic ring is 1. The summed E-state index contributed by atoms with van der Waals surface area (Å²) in [7, 11) is 0. The molecule has 1 aromatic carbocycles. The standard InChI is InChI=1S/C13H19NO4/c1-8(2)17-4-5-18-10-6-9(3)12(14)11(7-10)13(15)16/h6-8H,4-5,14H2,1-3H3,(H,15,16). The summed E-state index contributed by atoms with van der Waals surface area (Å²) in [5, 5.41) is 9.00. The molecule has 3 N–H and O–H groups in total. The molecule has 0 aliphatic heterocycles. The minimum absolute atomic E-state index is 0.0646. The molecule has 0 aromatic heterocycles. The van der Waals surface area contributed by atoms with Crippen LogP contribution in [-0.4, -0.2) is 30.4 Å². The molecule has 0 fully saturated rings. The Balaban J connectivity index is 2.69. The molecule has 0 bridgehead atoms. The van der Waals surface area contributed by atoms with Gasteiger partial charge in [-0.15, -0.1) is 0 Å². The van der Waals surface area contributed by atoms with Gasteiger partial charge in [0.05, 0.1) is 18.3 Å². The molecule has 18 heavy (non-hydrogen) atoms. The fraction of sp³-hybridized carbons (Fsp3) is 0.462. The van der Waals surface area contributed by atoms with E-state index in [1.165, 1.54) is 6.07 Å². The molecular weight excluding hydrogens is 234 g/mol. The second-order valence-electron chi connectivity index (χ2n) is 4.27. The van der Waals surface area contributed by atoms with Crippen LogP contribution in [-0.2, 0) is 4.74 Å². The van der Waals surface area contributed by atoms with Crippen molar-refractivity contribution in [2.75, 3.05) is 18.9 Å². The largest absolute Gasteiger partial charge is 0.491 e. The molecule has 0 saturated carbocycles. The van der Waals surface area contributed by atoms with Crippen LogP contribution in [0.15, 0.2) is 12.1 Å². The Morgan fingerprint density at radius 2 is 2.06 bits per heavy atom. The second kappa shape index (κ2) is 6.26. The highest BCUT2D eigenvalue weighted by atomic mass is 16.5. The minimum Gasteiger partial charge on any atom is -0.491 e. The Bertz CT molecular complexity index is 429. The lowest BCUT2D eigenvalue weighted by molar-refractivity contribution is 0.0552. The van der Waals surface area contributed by atoms with Gasteiger partial charge in [0.1, 0.15) is 12.4 Å². The third kappa shape index (κ3) is 3.92. The molecule has 0 aliphatic carbocycles. The number of aryl methyl sites for hydroxylation is 1. The number of carboxylic acids is 1. The Hall–Kier alpha value is -1.75. The van der Waals surface area contributed by atoms with Crippen LogP contribution in [0, 0.1) is 6.92 Å². The molecule has 5 heteroatoms. The van der Waals surface area contributed by atoms with Crippen molar-refractivity contribution < 1.29 is 19.4 Å². The van der Waals surface area contributed by atoms with Gasteiger partial charge in [-0.2, -0.15) is 0 Å². The Kier molecular flexibility index (Phi) is 4.97. The Morgan fingerprint density at radius 3 is 2.61 bits per heavy atom. The van der Waals surface area contributed by atoms with Gasteiger partial charge >= 0.3 is 5.97 Å². The highest BCUT2D eigenvalue weighted by molar-refractivity contribution is 5.95. The van der Waals surface area contributed by atoms with E-state index in [4.69, 9.17) is 20.3 Å². The number of nitrogens with two attached hydrogens (primary N) is 1. The molecule has 0 atom stereocenters. The van der Waals surface area contributed by atoms with E-state index in [2.05, 4.69) is 0 Å². The SMILES string of the molecule is Cc1cc(OCCOC(C)C)cc(C(=O)O)c1N. The maximum absolute atomic E-state index is 11.0. The van der Waals surface area contributed by atoms with Crippen LogP contribution in [0.3, 0.4) is 0 Å². The average Bonchev–Trinajstić information content (AvgIpc) is 2.28. The lowest BCUT2D eigenvalue weighted by atomic mass is 10.1. The number of ether oxygens (including phenoxy) is 2. The zero-order chi connectivity index (χ0) is 13.7. The molecule has 0 saturated heterocycles. The van der Waals surface area contributed by atoms with Gasteiger partial charge in [0.25, 0.3) is 0 Å². The van der Waals surface area contributed by atoms with Gasteiger partial charge in [0, 0.05) is 5.69 Å². The number of hydrogen-bond acceptors (Lipinski definition) is 4. The fourth-order valence-electron chi connectivity index (χ4n) is 1.47. The summed E-state index contributed by atoms with van der Waals surface area (Å²) in [6.07, 6.45) is 0.149. The van der Waals surface area contributed by atoms with E-state index >= 15 is 0 Å². The van der Waals surface area contributed by atoms with Crippen LogP contribution in [0.4, 0.5) is 5.69 Å². The molecule has 0 spiro atoms. The first-order chi connectivity index (χ1) is 8.41. The van der Waals surface area contributed by atoms with E-state index < -0.39 is 5.97 Å². The van der Waals surface area contributed by atoms with Crippen molar-refractivity contribution in [2.24, 2.45) is 0 Å². The quantitative estimate of drug-likeness (QED) is 0.599. The third-order valence-electron chi connectivity index (χ3n) is 2.39. The van der Waals surface area contributed by atoms with Gasteiger partial charge in [-0.25, -0.2) is 4.79 Å². The number of anilines is 1. The van der Waals surface area contributed by atoms with Crippen LogP contribution in [0.25, 0.3) is 0 Å². The number of hydrogen-bond donors (Lipinski definition) is 2. The molecule has 1 aromatic rings. The maximum atomic E-state index is 11.0. The van der Waals surface area contributed by atoms with Crippen molar-refractivity contribution in [3.8, 4) is 5.75 Å². The van der Waals surface area contributed by atoms with E-state index in [0.29, 0.717) is 24.5 Å². The van der Waals surface area contributed by atoms with Gasteiger partial charge < -0.3 is 20.3 Å². The predicted molar refractivity (Wildman–Crippen MR) is 69.1 cm³/mol. The Morgan fingerprint density at radius 1 is 1.39 bits per heavy atom. The predicted octanol–water partition coefficient (Wildman–Crippen LogP) is 2.08. The van der Waals surface area contributed by atoms with Crippen molar-refractivity contribution in [2.45, 2.75) is 26.9 Å². The molecule has 0 heterocycles. The van der Waals surface area contributed by atoms with Crippen molar-refractivity contribution in [3.05, 3.63) is 23.3 Å². The van der Waals surface area contributed by atoms with E-state index in [-0.39, 0.29) is 17.4 Å². The highest BCUT2D eigenvalue weighted by Crippen LogP contribution is 2.24. The molecule has 0 amide bonds. The highest BCUT2D eigenvalue weighted by Gasteiger charge is 2.12. The van der Waals surface area contributed by atoms with Gasteiger partial charge in [-0.05, 0) is 38.5 Å². The summed E-state index contributed by atoms with van der Waals surface area (Å²) >= 11 is 0. The van der Waals surface area contributed by atoms with E-state index in [9.17, 15) is 4.79 Å². The van der Waals surface area contributed by atoms with Crippen LogP contribution >= 0.6 is 0 Å². The average molecular weight is 253 g/mol. The summed E-state index contributed by atoms with van der Waals surface area (Å²) in [4.78, 5) is 11.0. The molecule has 1 rings (SSSR count). The number of rotatable bonds is 6. The van der Waals surface area contributed by atoms with Crippen LogP contribution in [0.2, 0.25) is 0 Å². The maximum Gasteiger partial charge on any atom is 0.337 e. The zero-order valence-electron chi connectivity index (χ0n) is 10.9. The van der Waals surface area contributed by atoms with Gasteiger partial charge in [-0.3, -0.25) is 0 Å². The minimum atomic E-state index is -1.06. The van der Waals surface area contributed by atoms with Crippen LogP contribution in [0.1, 0.15) is 29.8 Å². The Labute approximate surface area is 107 Å². The lowest BCUT2D eigenvalue weighted by Crippen LogP contribution is -2.12. The van der Waals surface area contributed by atoms with Crippen molar-refractivity contribution in [3.63, 3.8) is 0 Å². The van der Waals surface area contributed by atoms with Gasteiger partial charge in [0.15, 0.2) is 0 Å². The molecular formula is C13H19NO4. The first-order valence-electron chi connectivity index (χ1n) is 5.79. The van der Waals surface area contributed by atoms with Crippen molar-refractivity contribution in [1.82, 2.24) is 0 Å². The monoisotopic (exact) mass is 253 g/mol. The summed E-state index contributed by atoms with van der Waals surface area (Å²) < 4.78 is 10.8. The smallest absolute Gasteiger partial charge is 0.337 e. The first-order valence-corrected chi connectivity index (χ1v) is 5.79. The fourth-order valence-corrected chi connectivity index (χ4v) is 1.47. The summed E-state index contributed by atoms with van der Waals surface area (Å²) in [6.45, 7) is 6.47. The molecule has 0 unspecified atom stereocenters. The van der Waals surface area contributed by atoms with Gasteiger partial charge in [-0.1, -0.05) is 0 Å². The second-order valence-corrected chi connectivity index (χ2v) is 4.27. The molecule has 0 radical (unpaired) electrons. The van der Waals surface area contributed by atoms with Crippen LogP contribution in [0.5, 0.6) is 5.75 Å².